The number of hydrogen-bond donors (Lipinski definition) is 0. The summed E-state index contributed by atoms with van der Waals surface area (Å²) in [5.74, 6) is 1.19. The van der Waals surface area contributed by atoms with Gasteiger partial charge in [-0.3, -0.25) is 9.78 Å². The predicted molar refractivity (Wildman–Crippen MR) is 85.7 cm³/mol. The van der Waals surface area contributed by atoms with E-state index in [1.807, 2.05) is 42.4 Å². The number of likely N-dealkylation sites (tertiary alicyclic amines) is 1. The normalized spacial score (nSPS) is 25.4. The summed E-state index contributed by atoms with van der Waals surface area (Å²) in [6.45, 7) is 2.53. The first-order chi connectivity index (χ1) is 10.7. The van der Waals surface area contributed by atoms with Crippen LogP contribution in [-0.4, -0.2) is 47.5 Å². The van der Waals surface area contributed by atoms with E-state index < -0.39 is 0 Å². The molecule has 1 atom stereocenters. The molecule has 3 heterocycles. The van der Waals surface area contributed by atoms with Gasteiger partial charge in [-0.25, -0.2) is 4.98 Å². The van der Waals surface area contributed by atoms with E-state index >= 15 is 0 Å². The van der Waals surface area contributed by atoms with Gasteiger partial charge in [-0.1, -0.05) is 12.1 Å². The highest BCUT2D eigenvalue weighted by Crippen LogP contribution is 2.40. The number of carbonyl (C=O) groups excluding carboxylic acids is 1. The second-order valence-corrected chi connectivity index (χ2v) is 6.50. The number of fused-ring (bicyclic) bond motifs is 1. The molecule has 2 aromatic rings. The molecular weight excluding hydrogens is 276 g/mol. The van der Waals surface area contributed by atoms with Crippen LogP contribution < -0.4 is 4.90 Å². The fourth-order valence-corrected chi connectivity index (χ4v) is 3.81. The maximum atomic E-state index is 12.6. The lowest BCUT2D eigenvalue weighted by Crippen LogP contribution is -2.48. The van der Waals surface area contributed by atoms with Crippen LogP contribution in [-0.2, 0) is 4.79 Å². The maximum absolute atomic E-state index is 12.6. The molecule has 22 heavy (non-hydrogen) atoms. The molecular formula is C17H20N4O. The molecule has 0 bridgehead atoms. The van der Waals surface area contributed by atoms with Crippen LogP contribution in [0.2, 0.25) is 0 Å². The third-order valence-electron chi connectivity index (χ3n) is 5.06. The number of carbonyl (C=O) groups is 1. The number of hydrogen-bond acceptors (Lipinski definition) is 4. The molecule has 2 saturated heterocycles. The van der Waals surface area contributed by atoms with Crippen LogP contribution in [0, 0.1) is 5.41 Å². The molecule has 4 rings (SSSR count). The topological polar surface area (TPSA) is 49.3 Å². The quantitative estimate of drug-likeness (QED) is 0.808. The Morgan fingerprint density at radius 1 is 1.14 bits per heavy atom. The largest absolute Gasteiger partial charge is 0.354 e. The van der Waals surface area contributed by atoms with Crippen LogP contribution in [0.5, 0.6) is 0 Å². The lowest BCUT2D eigenvalue weighted by Gasteiger charge is -2.37. The Kier molecular flexibility index (Phi) is 3.03. The third-order valence-corrected chi connectivity index (χ3v) is 5.06. The average molecular weight is 296 g/mol. The Bertz CT molecular complexity index is 731. The summed E-state index contributed by atoms with van der Waals surface area (Å²) < 4.78 is 0. The molecule has 5 nitrogen and oxygen atoms in total. The highest BCUT2D eigenvalue weighted by Gasteiger charge is 2.47. The van der Waals surface area contributed by atoms with Gasteiger partial charge in [0.05, 0.1) is 22.6 Å². The van der Waals surface area contributed by atoms with Crippen molar-refractivity contribution in [3.05, 3.63) is 30.5 Å². The zero-order valence-electron chi connectivity index (χ0n) is 12.8. The van der Waals surface area contributed by atoms with Crippen LogP contribution in [0.1, 0.15) is 19.3 Å². The summed E-state index contributed by atoms with van der Waals surface area (Å²) in [6.07, 6.45) is 4.84. The zero-order chi connectivity index (χ0) is 15.2. The molecule has 2 aliphatic rings. The van der Waals surface area contributed by atoms with Gasteiger partial charge in [0.2, 0.25) is 5.91 Å². The number of anilines is 1. The summed E-state index contributed by atoms with van der Waals surface area (Å²) in [7, 11) is 1.92. The van der Waals surface area contributed by atoms with Crippen molar-refractivity contribution in [1.29, 1.82) is 0 Å². The van der Waals surface area contributed by atoms with Crippen molar-refractivity contribution < 1.29 is 4.79 Å². The molecule has 0 radical (unpaired) electrons. The first-order valence-corrected chi connectivity index (χ1v) is 7.90. The molecule has 114 valence electrons. The number of amides is 1. The number of nitrogens with zero attached hydrogens (tertiary/aromatic N) is 4. The number of para-hydroxylation sites is 2. The van der Waals surface area contributed by atoms with Crippen LogP contribution in [0.3, 0.4) is 0 Å². The van der Waals surface area contributed by atoms with E-state index in [0.29, 0.717) is 5.91 Å². The van der Waals surface area contributed by atoms with Crippen molar-refractivity contribution in [2.24, 2.45) is 5.41 Å². The number of rotatable bonds is 1. The second kappa shape index (κ2) is 4.93. The summed E-state index contributed by atoms with van der Waals surface area (Å²) in [5, 5.41) is 0. The summed E-state index contributed by atoms with van der Waals surface area (Å²) >= 11 is 0. The number of piperidine rings is 1. The maximum Gasteiger partial charge on any atom is 0.230 e. The van der Waals surface area contributed by atoms with Gasteiger partial charge in [0.15, 0.2) is 0 Å². The lowest BCUT2D eigenvalue weighted by molar-refractivity contribution is -0.143. The molecule has 1 amide bonds. The average Bonchev–Trinajstić information content (AvgIpc) is 2.97. The van der Waals surface area contributed by atoms with Gasteiger partial charge in [-0.2, -0.15) is 0 Å². The van der Waals surface area contributed by atoms with Crippen molar-refractivity contribution in [3.63, 3.8) is 0 Å². The Morgan fingerprint density at radius 3 is 2.82 bits per heavy atom. The monoisotopic (exact) mass is 296 g/mol. The van der Waals surface area contributed by atoms with Gasteiger partial charge in [0.1, 0.15) is 5.82 Å². The van der Waals surface area contributed by atoms with E-state index in [9.17, 15) is 4.79 Å². The van der Waals surface area contributed by atoms with E-state index in [2.05, 4.69) is 9.88 Å². The molecule has 2 fully saturated rings. The Morgan fingerprint density at radius 2 is 1.95 bits per heavy atom. The number of aromatic nitrogens is 2. The molecule has 1 aromatic carbocycles. The fourth-order valence-electron chi connectivity index (χ4n) is 3.81. The SMILES string of the molecule is CN1CCC[C@]2(CCN(c3cnc4ccccc4n3)C2)C1=O. The van der Waals surface area contributed by atoms with Crippen LogP contribution >= 0.6 is 0 Å². The van der Waals surface area contributed by atoms with Gasteiger partial charge < -0.3 is 9.80 Å². The summed E-state index contributed by atoms with van der Waals surface area (Å²) in [4.78, 5) is 25.9. The van der Waals surface area contributed by atoms with Crippen molar-refractivity contribution in [1.82, 2.24) is 14.9 Å². The van der Waals surface area contributed by atoms with E-state index in [-0.39, 0.29) is 5.41 Å². The second-order valence-electron chi connectivity index (χ2n) is 6.50. The highest BCUT2D eigenvalue weighted by atomic mass is 16.2. The Hall–Kier alpha value is -2.17. The first kappa shape index (κ1) is 13.5. The van der Waals surface area contributed by atoms with E-state index in [1.54, 1.807) is 0 Å². The molecule has 0 saturated carbocycles. The van der Waals surface area contributed by atoms with E-state index in [4.69, 9.17) is 4.98 Å². The van der Waals surface area contributed by atoms with Crippen LogP contribution in [0.4, 0.5) is 5.82 Å². The first-order valence-electron chi connectivity index (χ1n) is 7.90. The summed E-state index contributed by atoms with van der Waals surface area (Å²) in [6, 6.07) is 7.90. The molecule has 0 unspecified atom stereocenters. The van der Waals surface area contributed by atoms with Crippen molar-refractivity contribution in [2.45, 2.75) is 19.3 Å². The standard InChI is InChI=1S/C17H20N4O/c1-20-9-4-7-17(16(20)22)8-10-21(12-17)15-11-18-13-5-2-3-6-14(13)19-15/h2-3,5-6,11H,4,7-10,12H2,1H3/t17-/m1/s1. The van der Waals surface area contributed by atoms with E-state index in [1.165, 1.54) is 0 Å². The molecule has 0 N–H and O–H groups in total. The van der Waals surface area contributed by atoms with Gasteiger partial charge >= 0.3 is 0 Å². The van der Waals surface area contributed by atoms with Crippen LogP contribution in [0.15, 0.2) is 30.5 Å². The van der Waals surface area contributed by atoms with E-state index in [0.717, 1.165) is 55.7 Å². The molecule has 1 aromatic heterocycles. The van der Waals surface area contributed by atoms with Crippen molar-refractivity contribution in [3.8, 4) is 0 Å². The highest BCUT2D eigenvalue weighted by molar-refractivity contribution is 5.85. The minimum Gasteiger partial charge on any atom is -0.354 e. The molecule has 1 spiro atoms. The number of benzene rings is 1. The predicted octanol–water partition coefficient (Wildman–Crippen LogP) is 2.08. The van der Waals surface area contributed by atoms with Crippen LogP contribution in [0.25, 0.3) is 11.0 Å². The molecule has 0 aliphatic carbocycles. The Labute approximate surface area is 130 Å². The van der Waals surface area contributed by atoms with Crippen molar-refractivity contribution >= 4 is 22.8 Å². The smallest absolute Gasteiger partial charge is 0.230 e. The molecule has 5 heteroatoms. The van der Waals surface area contributed by atoms with Gasteiger partial charge in [0.25, 0.3) is 0 Å². The van der Waals surface area contributed by atoms with Gasteiger partial charge in [-0.15, -0.1) is 0 Å². The zero-order valence-corrected chi connectivity index (χ0v) is 12.8. The fraction of sp³-hybridized carbons (Fsp3) is 0.471. The van der Waals surface area contributed by atoms with Crippen molar-refractivity contribution in [2.75, 3.05) is 31.6 Å². The van der Waals surface area contributed by atoms with Gasteiger partial charge in [0, 0.05) is 26.7 Å². The van der Waals surface area contributed by atoms with Gasteiger partial charge in [-0.05, 0) is 31.4 Å². The summed E-state index contributed by atoms with van der Waals surface area (Å²) in [5.41, 5.74) is 1.61. The lowest BCUT2D eigenvalue weighted by atomic mass is 9.78. The Balaban J connectivity index is 1.62. The third kappa shape index (κ3) is 2.03. The molecule has 2 aliphatic heterocycles. The minimum atomic E-state index is -0.208. The minimum absolute atomic E-state index is 0.208.